The summed E-state index contributed by atoms with van der Waals surface area (Å²) < 4.78 is 11.3. The van der Waals surface area contributed by atoms with Crippen molar-refractivity contribution in [1.29, 1.82) is 0 Å². The van der Waals surface area contributed by atoms with Crippen molar-refractivity contribution in [2.75, 3.05) is 0 Å². The van der Waals surface area contributed by atoms with Crippen molar-refractivity contribution >= 4 is 5.97 Å². The molecule has 16 heavy (non-hydrogen) atoms. The van der Waals surface area contributed by atoms with E-state index in [9.17, 15) is 4.79 Å². The van der Waals surface area contributed by atoms with Crippen molar-refractivity contribution in [3.8, 4) is 0 Å². The van der Waals surface area contributed by atoms with Crippen LogP contribution in [0.5, 0.6) is 0 Å². The molecule has 1 fully saturated rings. The van der Waals surface area contributed by atoms with E-state index in [0.29, 0.717) is 5.92 Å². The summed E-state index contributed by atoms with van der Waals surface area (Å²) in [5.41, 5.74) is -0.448. The van der Waals surface area contributed by atoms with Gasteiger partial charge in [-0.3, -0.25) is 4.79 Å². The fraction of sp³-hybridized carbons (Fsp3) is 0.769. The highest BCUT2D eigenvalue weighted by Crippen LogP contribution is 2.47. The molecule has 3 nitrogen and oxygen atoms in total. The fourth-order valence-corrected chi connectivity index (χ4v) is 3.22. The van der Waals surface area contributed by atoms with Crippen LogP contribution in [0.3, 0.4) is 0 Å². The molecule has 0 aromatic heterocycles. The maximum absolute atomic E-state index is 11.1. The van der Waals surface area contributed by atoms with Gasteiger partial charge in [0.05, 0.1) is 12.2 Å². The lowest BCUT2D eigenvalue weighted by Gasteiger charge is -2.37. The molecule has 1 saturated heterocycles. The largest absolute Gasteiger partial charge is 0.459 e. The third kappa shape index (κ3) is 1.77. The summed E-state index contributed by atoms with van der Waals surface area (Å²) in [6.07, 6.45) is 5.63. The van der Waals surface area contributed by atoms with Crippen LogP contribution < -0.4 is 0 Å². The van der Waals surface area contributed by atoms with Gasteiger partial charge >= 0.3 is 5.97 Å². The zero-order valence-electron chi connectivity index (χ0n) is 10.4. The zero-order chi connectivity index (χ0) is 11.9. The standard InChI is InChI=1S/C13H20O3/c1-5-9-10-6-7-11(15-10)12(9)13(3,4)16-8(2)14/h6-7,9-12H,5H2,1-4H3. The van der Waals surface area contributed by atoms with Crippen LogP contribution in [0.25, 0.3) is 0 Å². The molecule has 3 heteroatoms. The lowest BCUT2D eigenvalue weighted by molar-refractivity contribution is -0.161. The first kappa shape index (κ1) is 11.6. The monoisotopic (exact) mass is 224 g/mol. The van der Waals surface area contributed by atoms with Crippen molar-refractivity contribution in [3.05, 3.63) is 12.2 Å². The molecule has 0 aromatic carbocycles. The molecule has 4 atom stereocenters. The molecule has 2 aliphatic rings. The van der Waals surface area contributed by atoms with Crippen molar-refractivity contribution in [1.82, 2.24) is 0 Å². The second kappa shape index (κ2) is 3.88. The minimum Gasteiger partial charge on any atom is -0.459 e. The lowest BCUT2D eigenvalue weighted by atomic mass is 9.72. The Morgan fingerprint density at radius 1 is 1.38 bits per heavy atom. The Morgan fingerprint density at radius 2 is 2.00 bits per heavy atom. The molecule has 2 bridgehead atoms. The number of rotatable bonds is 3. The summed E-state index contributed by atoms with van der Waals surface area (Å²) in [5, 5.41) is 0. The summed E-state index contributed by atoms with van der Waals surface area (Å²) in [6.45, 7) is 7.60. The van der Waals surface area contributed by atoms with E-state index >= 15 is 0 Å². The van der Waals surface area contributed by atoms with E-state index < -0.39 is 5.60 Å². The summed E-state index contributed by atoms with van der Waals surface area (Å²) >= 11 is 0. The molecule has 2 heterocycles. The van der Waals surface area contributed by atoms with Gasteiger partial charge in [-0.15, -0.1) is 0 Å². The Bertz CT molecular complexity index is 319. The average molecular weight is 224 g/mol. The summed E-state index contributed by atoms with van der Waals surface area (Å²) in [6, 6.07) is 0. The van der Waals surface area contributed by atoms with Crippen LogP contribution in [0.4, 0.5) is 0 Å². The van der Waals surface area contributed by atoms with Crippen LogP contribution >= 0.6 is 0 Å². The van der Waals surface area contributed by atoms with Gasteiger partial charge in [0.25, 0.3) is 0 Å². The quantitative estimate of drug-likeness (QED) is 0.545. The van der Waals surface area contributed by atoms with Crippen LogP contribution in [0.2, 0.25) is 0 Å². The Kier molecular flexibility index (Phi) is 2.82. The highest BCUT2D eigenvalue weighted by atomic mass is 16.6. The molecule has 2 aliphatic heterocycles. The first-order chi connectivity index (χ1) is 7.45. The van der Waals surface area contributed by atoms with Crippen LogP contribution in [0, 0.1) is 11.8 Å². The van der Waals surface area contributed by atoms with E-state index in [4.69, 9.17) is 9.47 Å². The maximum atomic E-state index is 11.1. The third-order valence-corrected chi connectivity index (χ3v) is 3.72. The molecule has 4 unspecified atom stereocenters. The van der Waals surface area contributed by atoms with Crippen molar-refractivity contribution in [3.63, 3.8) is 0 Å². The molecule has 90 valence electrons. The summed E-state index contributed by atoms with van der Waals surface area (Å²) in [7, 11) is 0. The molecular weight excluding hydrogens is 204 g/mol. The fourth-order valence-electron chi connectivity index (χ4n) is 3.22. The first-order valence-electron chi connectivity index (χ1n) is 5.99. The van der Waals surface area contributed by atoms with Crippen molar-refractivity contribution in [2.24, 2.45) is 11.8 Å². The van der Waals surface area contributed by atoms with Crippen LogP contribution in [-0.2, 0) is 14.3 Å². The normalized spacial score (nSPS) is 36.8. The second-order valence-electron chi connectivity index (χ2n) is 5.25. The smallest absolute Gasteiger partial charge is 0.303 e. The molecular formula is C13H20O3. The Balaban J connectivity index is 2.19. The number of carbonyl (C=O) groups is 1. The third-order valence-electron chi connectivity index (χ3n) is 3.72. The van der Waals surface area contributed by atoms with Gasteiger partial charge in [0.1, 0.15) is 5.60 Å². The van der Waals surface area contributed by atoms with Gasteiger partial charge in [0, 0.05) is 12.8 Å². The van der Waals surface area contributed by atoms with Gasteiger partial charge in [0.2, 0.25) is 0 Å². The zero-order valence-corrected chi connectivity index (χ0v) is 10.4. The predicted octanol–water partition coefficient (Wildman–Crippen LogP) is 2.31. The van der Waals surface area contributed by atoms with Crippen LogP contribution in [-0.4, -0.2) is 23.8 Å². The molecule has 0 aliphatic carbocycles. The van der Waals surface area contributed by atoms with Crippen molar-refractivity contribution in [2.45, 2.75) is 51.9 Å². The van der Waals surface area contributed by atoms with E-state index in [1.54, 1.807) is 0 Å². The molecule has 0 aromatic rings. The number of carbonyl (C=O) groups excluding carboxylic acids is 1. The average Bonchev–Trinajstić information content (AvgIpc) is 2.73. The molecule has 0 N–H and O–H groups in total. The van der Waals surface area contributed by atoms with Gasteiger partial charge in [-0.1, -0.05) is 19.1 Å². The van der Waals surface area contributed by atoms with Gasteiger partial charge < -0.3 is 9.47 Å². The van der Waals surface area contributed by atoms with Crippen LogP contribution in [0.1, 0.15) is 34.1 Å². The first-order valence-corrected chi connectivity index (χ1v) is 5.99. The number of ether oxygens (including phenoxy) is 2. The van der Waals surface area contributed by atoms with E-state index in [2.05, 4.69) is 19.1 Å². The van der Waals surface area contributed by atoms with E-state index in [1.807, 2.05) is 13.8 Å². The number of fused-ring (bicyclic) bond motifs is 2. The second-order valence-corrected chi connectivity index (χ2v) is 5.25. The van der Waals surface area contributed by atoms with Gasteiger partial charge in [-0.25, -0.2) is 0 Å². The molecule has 2 rings (SSSR count). The van der Waals surface area contributed by atoms with Gasteiger partial charge in [-0.2, -0.15) is 0 Å². The molecule has 0 spiro atoms. The van der Waals surface area contributed by atoms with Crippen molar-refractivity contribution < 1.29 is 14.3 Å². The van der Waals surface area contributed by atoms with Gasteiger partial charge in [-0.05, 0) is 26.2 Å². The van der Waals surface area contributed by atoms with E-state index in [1.165, 1.54) is 6.92 Å². The summed E-state index contributed by atoms with van der Waals surface area (Å²) in [5.74, 6) is 0.521. The minimum absolute atomic E-state index is 0.115. The van der Waals surface area contributed by atoms with E-state index in [0.717, 1.165) is 6.42 Å². The molecule has 0 amide bonds. The maximum Gasteiger partial charge on any atom is 0.303 e. The number of hydrogen-bond acceptors (Lipinski definition) is 3. The SMILES string of the molecule is CCC1C2C=CC(O2)C1C(C)(C)OC(C)=O. The molecule has 0 radical (unpaired) electrons. The Labute approximate surface area is 96.8 Å². The minimum atomic E-state index is -0.448. The predicted molar refractivity (Wildman–Crippen MR) is 60.9 cm³/mol. The Morgan fingerprint density at radius 3 is 2.56 bits per heavy atom. The highest BCUT2D eigenvalue weighted by molar-refractivity contribution is 5.66. The lowest BCUT2D eigenvalue weighted by Crippen LogP contribution is -2.44. The highest BCUT2D eigenvalue weighted by Gasteiger charge is 2.52. The molecule has 0 saturated carbocycles. The topological polar surface area (TPSA) is 35.5 Å². The Hall–Kier alpha value is -0.830. The van der Waals surface area contributed by atoms with Gasteiger partial charge in [0.15, 0.2) is 0 Å². The number of hydrogen-bond donors (Lipinski definition) is 0. The summed E-state index contributed by atoms with van der Waals surface area (Å²) in [4.78, 5) is 11.1. The van der Waals surface area contributed by atoms with E-state index in [-0.39, 0.29) is 24.1 Å². The van der Waals surface area contributed by atoms with Crippen LogP contribution in [0.15, 0.2) is 12.2 Å². The number of esters is 1.